The van der Waals surface area contributed by atoms with Crippen molar-refractivity contribution in [3.05, 3.63) is 35.9 Å². The Hall–Kier alpha value is -1.79. The summed E-state index contributed by atoms with van der Waals surface area (Å²) in [5, 5.41) is 0.909. The zero-order valence-electron chi connectivity index (χ0n) is 9.57. The smallest absolute Gasteiger partial charge is 0.261 e. The molecule has 1 aromatic carbocycles. The molecule has 3 N–H and O–H groups in total. The third-order valence-corrected chi connectivity index (χ3v) is 2.44. The fraction of sp³-hybridized carbons (Fsp3) is 0.250. The van der Waals surface area contributed by atoms with Crippen LogP contribution in [0.2, 0.25) is 0 Å². The predicted octanol–water partition coefficient (Wildman–Crippen LogP) is 2.30. The van der Waals surface area contributed by atoms with Crippen LogP contribution in [0.15, 0.2) is 30.3 Å². The summed E-state index contributed by atoms with van der Waals surface area (Å²) in [5.41, 5.74) is 3.88. The Morgan fingerprint density at radius 2 is 2.11 bits per heavy atom. The van der Waals surface area contributed by atoms with Gasteiger partial charge in [0.25, 0.3) is 6.43 Å². The van der Waals surface area contributed by atoms with Crippen LogP contribution in [-0.2, 0) is 11.3 Å². The zero-order chi connectivity index (χ0) is 13.0. The van der Waals surface area contributed by atoms with Crippen LogP contribution in [0.5, 0.6) is 0 Å². The molecule has 0 fully saturated rings. The molecule has 0 atom stereocenters. The number of alkyl halides is 2. The number of pyridine rings is 1. The van der Waals surface area contributed by atoms with Gasteiger partial charge < -0.3 is 10.2 Å². The number of benzene rings is 1. The summed E-state index contributed by atoms with van der Waals surface area (Å²) in [6.45, 7) is -0.557. The van der Waals surface area contributed by atoms with Crippen molar-refractivity contribution in [2.45, 2.75) is 13.0 Å². The number of hydrogen-bond acceptors (Lipinski definition) is 4. The average Bonchev–Trinajstić information content (AvgIpc) is 2.37. The summed E-state index contributed by atoms with van der Waals surface area (Å²) in [5.74, 6) is 5.79. The van der Waals surface area contributed by atoms with Crippen molar-refractivity contribution in [2.75, 3.05) is 12.0 Å². The van der Waals surface area contributed by atoms with Crippen molar-refractivity contribution < 1.29 is 13.5 Å². The van der Waals surface area contributed by atoms with Gasteiger partial charge in [0.1, 0.15) is 12.4 Å². The quantitative estimate of drug-likeness (QED) is 0.634. The minimum Gasteiger partial charge on any atom is -0.371 e. The van der Waals surface area contributed by atoms with E-state index >= 15 is 0 Å². The first-order valence-corrected chi connectivity index (χ1v) is 5.42. The second-order valence-electron chi connectivity index (χ2n) is 3.74. The fourth-order valence-electron chi connectivity index (χ4n) is 1.65. The molecule has 2 rings (SSSR count). The van der Waals surface area contributed by atoms with Gasteiger partial charge in [-0.15, -0.1) is 0 Å². The highest BCUT2D eigenvalue weighted by molar-refractivity contribution is 5.81. The molecule has 6 heteroatoms. The molecule has 0 saturated carbocycles. The largest absolute Gasteiger partial charge is 0.371 e. The Labute approximate surface area is 103 Å². The molecular formula is C12H13F2N3O. The maximum atomic E-state index is 12.0. The van der Waals surface area contributed by atoms with Gasteiger partial charge in [0.15, 0.2) is 0 Å². The minimum atomic E-state index is -2.48. The van der Waals surface area contributed by atoms with Crippen LogP contribution in [0, 0.1) is 0 Å². The monoisotopic (exact) mass is 253 g/mol. The maximum Gasteiger partial charge on any atom is 0.261 e. The number of para-hydroxylation sites is 1. The number of nitrogens with two attached hydrogens (primary N) is 1. The Bertz CT molecular complexity index is 534. The summed E-state index contributed by atoms with van der Waals surface area (Å²) in [4.78, 5) is 4.29. The molecule has 1 aromatic heterocycles. The number of ether oxygens (including phenoxy) is 1. The first-order chi connectivity index (χ1) is 8.70. The van der Waals surface area contributed by atoms with Crippen molar-refractivity contribution in [3.8, 4) is 0 Å². The molecular weight excluding hydrogens is 240 g/mol. The normalized spacial score (nSPS) is 11.1. The van der Waals surface area contributed by atoms with Gasteiger partial charge in [0, 0.05) is 10.9 Å². The van der Waals surface area contributed by atoms with Crippen LogP contribution in [0.1, 0.15) is 5.56 Å². The number of hydrazine groups is 1. The molecule has 18 heavy (non-hydrogen) atoms. The van der Waals surface area contributed by atoms with Crippen molar-refractivity contribution in [3.63, 3.8) is 0 Å². The number of nitrogens with zero attached hydrogens (tertiary/aromatic N) is 1. The number of halogens is 2. The van der Waals surface area contributed by atoms with Crippen molar-refractivity contribution in [2.24, 2.45) is 5.84 Å². The van der Waals surface area contributed by atoms with E-state index in [1.165, 1.54) is 0 Å². The molecule has 0 aliphatic heterocycles. The predicted molar refractivity (Wildman–Crippen MR) is 65.2 cm³/mol. The van der Waals surface area contributed by atoms with Crippen molar-refractivity contribution >= 4 is 16.7 Å². The Morgan fingerprint density at radius 1 is 1.33 bits per heavy atom. The van der Waals surface area contributed by atoms with Gasteiger partial charge in [-0.2, -0.15) is 0 Å². The summed E-state index contributed by atoms with van der Waals surface area (Å²) < 4.78 is 28.9. The third-order valence-electron chi connectivity index (χ3n) is 2.44. The average molecular weight is 253 g/mol. The first-order valence-electron chi connectivity index (χ1n) is 5.42. The van der Waals surface area contributed by atoms with E-state index in [-0.39, 0.29) is 6.61 Å². The van der Waals surface area contributed by atoms with Gasteiger partial charge in [-0.25, -0.2) is 19.6 Å². The molecule has 0 saturated heterocycles. The molecule has 0 amide bonds. The molecule has 0 aliphatic rings. The highest BCUT2D eigenvalue weighted by atomic mass is 19.3. The number of fused-ring (bicyclic) bond motifs is 1. The SMILES string of the molecule is NNc1nc2ccccc2cc1COCC(F)F. The third kappa shape index (κ3) is 2.91. The summed E-state index contributed by atoms with van der Waals surface area (Å²) in [7, 11) is 0. The van der Waals surface area contributed by atoms with Gasteiger partial charge in [-0.05, 0) is 12.1 Å². The van der Waals surface area contributed by atoms with E-state index in [2.05, 4.69) is 10.4 Å². The summed E-state index contributed by atoms with van der Waals surface area (Å²) in [6, 6.07) is 9.30. The van der Waals surface area contributed by atoms with Gasteiger partial charge in [-0.1, -0.05) is 18.2 Å². The van der Waals surface area contributed by atoms with Crippen LogP contribution >= 0.6 is 0 Å². The molecule has 96 valence electrons. The lowest BCUT2D eigenvalue weighted by Crippen LogP contribution is -2.13. The highest BCUT2D eigenvalue weighted by Crippen LogP contribution is 2.20. The van der Waals surface area contributed by atoms with Crippen LogP contribution in [0.25, 0.3) is 10.9 Å². The van der Waals surface area contributed by atoms with Crippen LogP contribution in [0.4, 0.5) is 14.6 Å². The molecule has 2 aromatic rings. The Kier molecular flexibility index (Phi) is 4.01. The van der Waals surface area contributed by atoms with E-state index in [4.69, 9.17) is 10.6 Å². The second-order valence-corrected chi connectivity index (χ2v) is 3.74. The molecule has 0 unspecified atom stereocenters. The topological polar surface area (TPSA) is 60.2 Å². The minimum absolute atomic E-state index is 0.0434. The van der Waals surface area contributed by atoms with E-state index in [0.717, 1.165) is 10.9 Å². The molecule has 4 nitrogen and oxygen atoms in total. The van der Waals surface area contributed by atoms with Gasteiger partial charge in [0.05, 0.1) is 12.1 Å². The van der Waals surface area contributed by atoms with Gasteiger partial charge in [-0.3, -0.25) is 0 Å². The number of nitrogen functional groups attached to an aromatic ring is 1. The fourth-order valence-corrected chi connectivity index (χ4v) is 1.65. The molecule has 0 spiro atoms. The number of rotatable bonds is 5. The van der Waals surface area contributed by atoms with Crippen molar-refractivity contribution in [1.29, 1.82) is 0 Å². The summed E-state index contributed by atoms with van der Waals surface area (Å²) >= 11 is 0. The molecule has 1 heterocycles. The van der Waals surface area contributed by atoms with E-state index in [0.29, 0.717) is 11.4 Å². The first kappa shape index (κ1) is 12.7. The zero-order valence-corrected chi connectivity index (χ0v) is 9.57. The van der Waals surface area contributed by atoms with Gasteiger partial charge >= 0.3 is 0 Å². The molecule has 0 bridgehead atoms. The second kappa shape index (κ2) is 5.70. The standard InChI is InChI=1S/C12H13F2N3O/c13-11(14)7-18-6-9-5-8-3-1-2-4-10(8)16-12(9)17-15/h1-5,11H,6-7,15H2,(H,16,17). The number of nitrogens with one attached hydrogen (secondary N) is 1. The summed E-state index contributed by atoms with van der Waals surface area (Å²) in [6.07, 6.45) is -2.48. The Balaban J connectivity index is 2.24. The van der Waals surface area contributed by atoms with E-state index in [9.17, 15) is 8.78 Å². The maximum absolute atomic E-state index is 12.0. The molecule has 0 radical (unpaired) electrons. The molecule has 0 aliphatic carbocycles. The van der Waals surface area contributed by atoms with E-state index < -0.39 is 13.0 Å². The van der Waals surface area contributed by atoms with Crippen LogP contribution < -0.4 is 11.3 Å². The highest BCUT2D eigenvalue weighted by Gasteiger charge is 2.08. The van der Waals surface area contributed by atoms with Crippen LogP contribution in [-0.4, -0.2) is 18.0 Å². The Morgan fingerprint density at radius 3 is 2.83 bits per heavy atom. The van der Waals surface area contributed by atoms with Crippen LogP contribution in [0.3, 0.4) is 0 Å². The van der Waals surface area contributed by atoms with E-state index in [1.807, 2.05) is 30.3 Å². The van der Waals surface area contributed by atoms with Gasteiger partial charge in [0.2, 0.25) is 0 Å². The lowest BCUT2D eigenvalue weighted by molar-refractivity contribution is 0.0100. The number of hydrogen-bond donors (Lipinski definition) is 2. The van der Waals surface area contributed by atoms with Crippen molar-refractivity contribution in [1.82, 2.24) is 4.98 Å². The lowest BCUT2D eigenvalue weighted by atomic mass is 10.1. The number of anilines is 1. The number of aromatic nitrogens is 1. The lowest BCUT2D eigenvalue weighted by Gasteiger charge is -2.10. The van der Waals surface area contributed by atoms with E-state index in [1.54, 1.807) is 0 Å².